The van der Waals surface area contributed by atoms with Crippen molar-refractivity contribution in [2.24, 2.45) is 5.92 Å². The van der Waals surface area contributed by atoms with Crippen LogP contribution in [0.2, 0.25) is 0 Å². The normalized spacial score (nSPS) is 22.7. The molecule has 1 atom stereocenters. The van der Waals surface area contributed by atoms with Gasteiger partial charge in [0.25, 0.3) is 0 Å². The number of carbonyl (C=O) groups excluding carboxylic acids is 1. The average Bonchev–Trinajstić information content (AvgIpc) is 2.19. The maximum atomic E-state index is 11.5. The largest absolute Gasteiger partial charge is 0.356 e. The van der Waals surface area contributed by atoms with E-state index in [0.717, 1.165) is 31.6 Å². The lowest BCUT2D eigenvalue weighted by atomic mass is 10.0. The minimum atomic E-state index is 0.278. The summed E-state index contributed by atoms with van der Waals surface area (Å²) in [6, 6.07) is 0. The lowest BCUT2D eigenvalue weighted by Crippen LogP contribution is -2.34. The molecule has 0 bridgehead atoms. The van der Waals surface area contributed by atoms with Crippen molar-refractivity contribution in [3.63, 3.8) is 0 Å². The minimum Gasteiger partial charge on any atom is -0.356 e. The summed E-state index contributed by atoms with van der Waals surface area (Å²) in [5.41, 5.74) is 0. The Kier molecular flexibility index (Phi) is 5.28. The molecule has 0 aromatic carbocycles. The summed E-state index contributed by atoms with van der Waals surface area (Å²) in [7, 11) is 0. The molecular weight excluding hydrogens is 182 g/mol. The third-order valence-electron chi connectivity index (χ3n) is 2.36. The lowest BCUT2D eigenvalue weighted by molar-refractivity contribution is -0.124. The van der Waals surface area contributed by atoms with Crippen LogP contribution in [-0.4, -0.2) is 24.0 Å². The Hall–Kier alpha value is -0.180. The van der Waals surface area contributed by atoms with Gasteiger partial charge in [-0.2, -0.15) is 11.8 Å². The molecule has 0 aromatic heterocycles. The summed E-state index contributed by atoms with van der Waals surface area (Å²) >= 11 is 1.91. The van der Waals surface area contributed by atoms with Gasteiger partial charge in [-0.05, 0) is 25.0 Å². The molecule has 1 saturated heterocycles. The average molecular weight is 201 g/mol. The van der Waals surface area contributed by atoms with Gasteiger partial charge in [-0.15, -0.1) is 0 Å². The quantitative estimate of drug-likeness (QED) is 0.705. The Morgan fingerprint density at radius 2 is 2.46 bits per heavy atom. The molecule has 0 aliphatic carbocycles. The van der Waals surface area contributed by atoms with Crippen LogP contribution in [0.25, 0.3) is 0 Å². The number of unbranched alkanes of at least 4 members (excludes halogenated alkanes) is 1. The monoisotopic (exact) mass is 201 g/mol. The second kappa shape index (κ2) is 6.30. The van der Waals surface area contributed by atoms with E-state index in [4.69, 9.17) is 0 Å². The molecule has 3 heteroatoms. The zero-order valence-corrected chi connectivity index (χ0v) is 9.16. The highest BCUT2D eigenvalue weighted by Gasteiger charge is 2.20. The number of rotatable bonds is 4. The molecule has 0 aromatic rings. The predicted octanol–water partition coefficient (Wildman–Crippen LogP) is 2.05. The molecular formula is C10H19NOS. The molecule has 1 N–H and O–H groups in total. The standard InChI is InChI=1S/C10H19NOS/c1-2-3-6-11-10(12)9-5-4-7-13-8-9/h9H,2-8H2,1H3,(H,11,12). The Bertz CT molecular complexity index is 155. The number of carbonyl (C=O) groups is 1. The van der Waals surface area contributed by atoms with Crippen LogP contribution in [0.3, 0.4) is 0 Å². The van der Waals surface area contributed by atoms with Crippen LogP contribution in [-0.2, 0) is 4.79 Å². The molecule has 2 nitrogen and oxygen atoms in total. The van der Waals surface area contributed by atoms with E-state index >= 15 is 0 Å². The first-order chi connectivity index (χ1) is 6.34. The van der Waals surface area contributed by atoms with Crippen LogP contribution in [0.1, 0.15) is 32.6 Å². The first kappa shape index (κ1) is 10.9. The number of nitrogens with one attached hydrogen (secondary N) is 1. The molecule has 1 heterocycles. The molecule has 1 amide bonds. The van der Waals surface area contributed by atoms with Crippen LogP contribution in [0.4, 0.5) is 0 Å². The summed E-state index contributed by atoms with van der Waals surface area (Å²) in [4.78, 5) is 11.5. The van der Waals surface area contributed by atoms with E-state index in [1.54, 1.807) is 0 Å². The zero-order valence-electron chi connectivity index (χ0n) is 8.34. The second-order valence-corrected chi connectivity index (χ2v) is 4.71. The third kappa shape index (κ3) is 4.03. The zero-order chi connectivity index (χ0) is 9.52. The van der Waals surface area contributed by atoms with E-state index in [2.05, 4.69) is 12.2 Å². The van der Waals surface area contributed by atoms with Gasteiger partial charge in [-0.3, -0.25) is 4.79 Å². The Morgan fingerprint density at radius 3 is 3.08 bits per heavy atom. The fourth-order valence-electron chi connectivity index (χ4n) is 1.48. The molecule has 76 valence electrons. The molecule has 1 unspecified atom stereocenters. The van der Waals surface area contributed by atoms with Crippen molar-refractivity contribution in [2.45, 2.75) is 32.6 Å². The summed E-state index contributed by atoms with van der Waals surface area (Å²) in [5, 5.41) is 3.00. The number of thioether (sulfide) groups is 1. The maximum absolute atomic E-state index is 11.5. The minimum absolute atomic E-state index is 0.278. The number of hydrogen-bond acceptors (Lipinski definition) is 2. The van der Waals surface area contributed by atoms with E-state index in [-0.39, 0.29) is 11.8 Å². The smallest absolute Gasteiger partial charge is 0.223 e. The number of amides is 1. The van der Waals surface area contributed by atoms with Gasteiger partial charge < -0.3 is 5.32 Å². The second-order valence-electron chi connectivity index (χ2n) is 3.56. The molecule has 1 aliphatic rings. The predicted molar refractivity (Wildman–Crippen MR) is 58.0 cm³/mol. The van der Waals surface area contributed by atoms with E-state index < -0.39 is 0 Å². The first-order valence-electron chi connectivity index (χ1n) is 5.20. The van der Waals surface area contributed by atoms with E-state index in [1.165, 1.54) is 12.2 Å². The van der Waals surface area contributed by atoms with Crippen LogP contribution in [0.5, 0.6) is 0 Å². The highest BCUT2D eigenvalue weighted by Crippen LogP contribution is 2.22. The summed E-state index contributed by atoms with van der Waals surface area (Å²) < 4.78 is 0. The summed E-state index contributed by atoms with van der Waals surface area (Å²) in [6.07, 6.45) is 4.55. The molecule has 0 saturated carbocycles. The van der Waals surface area contributed by atoms with E-state index in [9.17, 15) is 4.79 Å². The van der Waals surface area contributed by atoms with E-state index in [1.807, 2.05) is 11.8 Å². The first-order valence-corrected chi connectivity index (χ1v) is 6.35. The summed E-state index contributed by atoms with van der Waals surface area (Å²) in [6.45, 7) is 3.00. The molecule has 13 heavy (non-hydrogen) atoms. The Morgan fingerprint density at radius 1 is 1.62 bits per heavy atom. The van der Waals surface area contributed by atoms with Crippen molar-refractivity contribution in [2.75, 3.05) is 18.1 Å². The fraction of sp³-hybridized carbons (Fsp3) is 0.900. The highest BCUT2D eigenvalue weighted by molar-refractivity contribution is 7.99. The van der Waals surface area contributed by atoms with Gasteiger partial charge in [-0.25, -0.2) is 0 Å². The van der Waals surface area contributed by atoms with Gasteiger partial charge in [0.2, 0.25) is 5.91 Å². The van der Waals surface area contributed by atoms with Crippen LogP contribution < -0.4 is 5.32 Å². The fourth-order valence-corrected chi connectivity index (χ4v) is 2.62. The van der Waals surface area contributed by atoms with Gasteiger partial charge in [-0.1, -0.05) is 13.3 Å². The molecule has 0 radical (unpaired) electrons. The SMILES string of the molecule is CCCCNC(=O)C1CCCSC1. The van der Waals surface area contributed by atoms with Crippen molar-refractivity contribution >= 4 is 17.7 Å². The molecule has 1 aliphatic heterocycles. The lowest BCUT2D eigenvalue weighted by Gasteiger charge is -2.20. The van der Waals surface area contributed by atoms with Gasteiger partial charge in [0, 0.05) is 18.2 Å². The van der Waals surface area contributed by atoms with Gasteiger partial charge in [0.05, 0.1) is 0 Å². The van der Waals surface area contributed by atoms with Crippen molar-refractivity contribution in [3.05, 3.63) is 0 Å². The van der Waals surface area contributed by atoms with Gasteiger partial charge in [0.1, 0.15) is 0 Å². The third-order valence-corrected chi connectivity index (χ3v) is 3.58. The van der Waals surface area contributed by atoms with E-state index in [0.29, 0.717) is 0 Å². The Labute approximate surface area is 84.9 Å². The maximum Gasteiger partial charge on any atom is 0.223 e. The van der Waals surface area contributed by atoms with Crippen LogP contribution >= 0.6 is 11.8 Å². The van der Waals surface area contributed by atoms with Crippen molar-refractivity contribution in [3.8, 4) is 0 Å². The summed E-state index contributed by atoms with van der Waals surface area (Å²) in [5.74, 6) is 2.83. The molecule has 1 rings (SSSR count). The van der Waals surface area contributed by atoms with Crippen LogP contribution in [0.15, 0.2) is 0 Å². The topological polar surface area (TPSA) is 29.1 Å². The van der Waals surface area contributed by atoms with Crippen molar-refractivity contribution in [1.82, 2.24) is 5.32 Å². The molecule has 1 fully saturated rings. The highest BCUT2D eigenvalue weighted by atomic mass is 32.2. The molecule has 0 spiro atoms. The van der Waals surface area contributed by atoms with Crippen LogP contribution in [0, 0.1) is 5.92 Å². The Balaban J connectivity index is 2.13. The van der Waals surface area contributed by atoms with Gasteiger partial charge >= 0.3 is 0 Å². The van der Waals surface area contributed by atoms with Gasteiger partial charge in [0.15, 0.2) is 0 Å². The van der Waals surface area contributed by atoms with Crippen molar-refractivity contribution in [1.29, 1.82) is 0 Å². The van der Waals surface area contributed by atoms with Crippen molar-refractivity contribution < 1.29 is 4.79 Å². The number of hydrogen-bond donors (Lipinski definition) is 1.